The highest BCUT2D eigenvalue weighted by molar-refractivity contribution is 6.05. The molecule has 0 bridgehead atoms. The minimum Gasteiger partial charge on any atom is -0.489 e. The summed E-state index contributed by atoms with van der Waals surface area (Å²) in [6.07, 6.45) is 3.61. The van der Waals surface area contributed by atoms with E-state index >= 15 is 0 Å². The van der Waals surface area contributed by atoms with E-state index in [0.29, 0.717) is 31.6 Å². The number of benzene rings is 1. The number of nitrogens with zero attached hydrogens (tertiary/aromatic N) is 2. The summed E-state index contributed by atoms with van der Waals surface area (Å²) in [6, 6.07) is 9.01. The summed E-state index contributed by atoms with van der Waals surface area (Å²) < 4.78 is 6.00. The van der Waals surface area contributed by atoms with Crippen molar-refractivity contribution in [1.82, 2.24) is 25.8 Å². The molecule has 9 heteroatoms. The molecule has 0 aliphatic carbocycles. The second kappa shape index (κ2) is 9.29. The molecule has 3 amide bonds. The maximum absolute atomic E-state index is 12.8. The number of carbonyl (C=O) groups excluding carboxylic acids is 3. The maximum atomic E-state index is 12.8. The molecule has 2 unspecified atom stereocenters. The van der Waals surface area contributed by atoms with E-state index in [4.69, 9.17) is 4.74 Å². The molecule has 3 N–H and O–H groups in total. The van der Waals surface area contributed by atoms with E-state index in [0.717, 1.165) is 42.1 Å². The second-order valence-electron chi connectivity index (χ2n) is 8.71. The van der Waals surface area contributed by atoms with Gasteiger partial charge in [-0.05, 0) is 42.6 Å². The van der Waals surface area contributed by atoms with Crippen molar-refractivity contribution < 1.29 is 19.1 Å². The molecule has 3 aliphatic rings. The molecule has 0 radical (unpaired) electrons. The van der Waals surface area contributed by atoms with Gasteiger partial charge in [-0.15, -0.1) is 0 Å². The van der Waals surface area contributed by atoms with E-state index in [2.05, 4.69) is 20.9 Å². The molecule has 1 aromatic heterocycles. The minimum atomic E-state index is -0.593. The first-order valence-electron chi connectivity index (χ1n) is 11.4. The van der Waals surface area contributed by atoms with E-state index in [-0.39, 0.29) is 24.3 Å². The van der Waals surface area contributed by atoms with Crippen LogP contribution in [0.2, 0.25) is 0 Å². The van der Waals surface area contributed by atoms with Gasteiger partial charge in [-0.1, -0.05) is 12.1 Å². The summed E-state index contributed by atoms with van der Waals surface area (Å²) in [7, 11) is 0. The smallest absolute Gasteiger partial charge is 0.255 e. The molecule has 2 aromatic rings. The van der Waals surface area contributed by atoms with Crippen molar-refractivity contribution in [1.29, 1.82) is 0 Å². The highest BCUT2D eigenvalue weighted by Crippen LogP contribution is 2.28. The molecule has 2 saturated heterocycles. The number of aromatic nitrogens is 1. The van der Waals surface area contributed by atoms with Crippen molar-refractivity contribution in [3.63, 3.8) is 0 Å². The Hall–Kier alpha value is -3.30. The molecule has 5 rings (SSSR count). The van der Waals surface area contributed by atoms with Crippen LogP contribution in [0.4, 0.5) is 0 Å². The molecular weight excluding hydrogens is 422 g/mol. The largest absolute Gasteiger partial charge is 0.489 e. The van der Waals surface area contributed by atoms with E-state index in [1.54, 1.807) is 11.1 Å². The topological polar surface area (TPSA) is 113 Å². The highest BCUT2D eigenvalue weighted by Gasteiger charge is 2.39. The molecule has 0 saturated carbocycles. The summed E-state index contributed by atoms with van der Waals surface area (Å²) in [4.78, 5) is 42.4. The van der Waals surface area contributed by atoms with Crippen molar-refractivity contribution >= 4 is 17.7 Å². The van der Waals surface area contributed by atoms with Crippen LogP contribution < -0.4 is 20.7 Å². The molecule has 9 nitrogen and oxygen atoms in total. The van der Waals surface area contributed by atoms with Crippen molar-refractivity contribution in [3.05, 3.63) is 58.9 Å². The van der Waals surface area contributed by atoms with Crippen LogP contribution in [-0.2, 0) is 29.2 Å². The van der Waals surface area contributed by atoms with Crippen LogP contribution >= 0.6 is 0 Å². The van der Waals surface area contributed by atoms with Crippen LogP contribution in [0.15, 0.2) is 36.5 Å². The number of piperidine rings is 1. The third kappa shape index (κ3) is 4.74. The standard InChI is InChI=1S/C24H27N5O4/c30-22-4-3-21(23(31)28-22)29-14-16-9-15(1-2-20(16)24(29)32)11-26-12-17-10-18(6-8-27-17)33-19-5-7-25-13-19/h1-2,6,8-10,19,21,25-26H,3-5,7,11-14H2,(H,28,30,31). The third-order valence-corrected chi connectivity index (χ3v) is 6.33. The summed E-state index contributed by atoms with van der Waals surface area (Å²) in [5.41, 5.74) is 3.48. The van der Waals surface area contributed by atoms with Crippen LogP contribution in [-0.4, -0.2) is 52.8 Å². The number of carbonyl (C=O) groups is 3. The van der Waals surface area contributed by atoms with Crippen LogP contribution in [0.25, 0.3) is 0 Å². The van der Waals surface area contributed by atoms with Crippen LogP contribution in [0.3, 0.4) is 0 Å². The van der Waals surface area contributed by atoms with E-state index in [1.165, 1.54) is 0 Å². The lowest BCUT2D eigenvalue weighted by atomic mass is 10.0. The number of imide groups is 1. The zero-order chi connectivity index (χ0) is 22.8. The van der Waals surface area contributed by atoms with Gasteiger partial charge in [-0.25, -0.2) is 0 Å². The number of fused-ring (bicyclic) bond motifs is 1. The molecule has 2 fully saturated rings. The predicted octanol–water partition coefficient (Wildman–Crippen LogP) is 0.873. The summed E-state index contributed by atoms with van der Waals surface area (Å²) in [5, 5.41) is 9.02. The Bertz CT molecular complexity index is 1080. The Kier molecular flexibility index (Phi) is 6.06. The van der Waals surface area contributed by atoms with E-state index in [1.807, 2.05) is 30.3 Å². The van der Waals surface area contributed by atoms with Crippen LogP contribution in [0, 0.1) is 0 Å². The second-order valence-corrected chi connectivity index (χ2v) is 8.71. The molecule has 33 heavy (non-hydrogen) atoms. The zero-order valence-electron chi connectivity index (χ0n) is 18.3. The summed E-state index contributed by atoms with van der Waals surface area (Å²) in [5.74, 6) is 0.00525. The van der Waals surface area contributed by atoms with Gasteiger partial charge in [-0.3, -0.25) is 24.7 Å². The Morgan fingerprint density at radius 3 is 2.85 bits per heavy atom. The molecule has 172 valence electrons. The van der Waals surface area contributed by atoms with Gasteiger partial charge >= 0.3 is 0 Å². The van der Waals surface area contributed by atoms with Crippen molar-refractivity contribution in [2.75, 3.05) is 13.1 Å². The average Bonchev–Trinajstić information content (AvgIpc) is 3.42. The number of ether oxygens (including phenoxy) is 1. The third-order valence-electron chi connectivity index (χ3n) is 6.33. The van der Waals surface area contributed by atoms with Gasteiger partial charge in [0, 0.05) is 50.4 Å². The van der Waals surface area contributed by atoms with Gasteiger partial charge in [0.2, 0.25) is 11.8 Å². The molecular formula is C24H27N5O4. The van der Waals surface area contributed by atoms with Crippen molar-refractivity contribution in [2.45, 2.75) is 51.0 Å². The first-order valence-corrected chi connectivity index (χ1v) is 11.4. The number of pyridine rings is 1. The van der Waals surface area contributed by atoms with Crippen LogP contribution in [0.1, 0.15) is 46.4 Å². The number of amides is 3. The molecule has 4 heterocycles. The maximum Gasteiger partial charge on any atom is 0.255 e. The Balaban J connectivity index is 1.17. The number of hydrogen-bond acceptors (Lipinski definition) is 7. The number of rotatable bonds is 7. The monoisotopic (exact) mass is 449 g/mol. The predicted molar refractivity (Wildman–Crippen MR) is 119 cm³/mol. The van der Waals surface area contributed by atoms with Gasteiger partial charge in [-0.2, -0.15) is 0 Å². The lowest BCUT2D eigenvalue weighted by Gasteiger charge is -2.29. The Morgan fingerprint density at radius 1 is 1.12 bits per heavy atom. The quantitative estimate of drug-likeness (QED) is 0.538. The molecule has 1 aromatic carbocycles. The molecule has 3 aliphatic heterocycles. The first-order chi connectivity index (χ1) is 16.1. The Labute approximate surface area is 191 Å². The lowest BCUT2D eigenvalue weighted by molar-refractivity contribution is -0.136. The summed E-state index contributed by atoms with van der Waals surface area (Å²) >= 11 is 0. The first kappa shape index (κ1) is 21.5. The lowest BCUT2D eigenvalue weighted by Crippen LogP contribution is -2.52. The van der Waals surface area contributed by atoms with E-state index in [9.17, 15) is 14.4 Å². The van der Waals surface area contributed by atoms with E-state index < -0.39 is 11.9 Å². The van der Waals surface area contributed by atoms with Gasteiger partial charge in [0.1, 0.15) is 17.9 Å². The summed E-state index contributed by atoms with van der Waals surface area (Å²) in [6.45, 7) is 3.46. The fourth-order valence-corrected chi connectivity index (χ4v) is 4.62. The number of hydrogen-bond donors (Lipinski definition) is 3. The fraction of sp³-hybridized carbons (Fsp3) is 0.417. The molecule has 2 atom stereocenters. The van der Waals surface area contributed by atoms with Gasteiger partial charge < -0.3 is 20.3 Å². The molecule has 0 spiro atoms. The highest BCUT2D eigenvalue weighted by atomic mass is 16.5. The normalized spacial score (nSPS) is 22.4. The van der Waals surface area contributed by atoms with Crippen LogP contribution in [0.5, 0.6) is 5.75 Å². The average molecular weight is 450 g/mol. The minimum absolute atomic E-state index is 0.155. The van der Waals surface area contributed by atoms with Crippen molar-refractivity contribution in [3.8, 4) is 5.75 Å². The zero-order valence-corrected chi connectivity index (χ0v) is 18.3. The number of nitrogens with one attached hydrogen (secondary N) is 3. The van der Waals surface area contributed by atoms with Crippen molar-refractivity contribution in [2.24, 2.45) is 0 Å². The van der Waals surface area contributed by atoms with Gasteiger partial charge in [0.25, 0.3) is 5.91 Å². The Morgan fingerprint density at radius 2 is 2.03 bits per heavy atom. The van der Waals surface area contributed by atoms with Gasteiger partial charge in [0.05, 0.1) is 5.69 Å². The SMILES string of the molecule is O=C1CCC(N2Cc3cc(CNCc4cc(OC5CCNC5)ccn4)ccc3C2=O)C(=O)N1. The van der Waals surface area contributed by atoms with Gasteiger partial charge in [0.15, 0.2) is 0 Å². The fourth-order valence-electron chi connectivity index (χ4n) is 4.62.